The third kappa shape index (κ3) is 5.98. The number of urea groups is 1. The normalized spacial score (nSPS) is 11.3. The summed E-state index contributed by atoms with van der Waals surface area (Å²) < 4.78 is 35.4. The quantitative estimate of drug-likeness (QED) is 0.729. The largest absolute Gasteiger partial charge is 0.405 e. The number of hydrogen-bond donors (Lipinski definition) is 1. The molecule has 0 saturated heterocycles. The highest BCUT2D eigenvalue weighted by Crippen LogP contribution is 2.12. The van der Waals surface area contributed by atoms with Gasteiger partial charge in [-0.15, -0.1) is 6.58 Å². The molecule has 0 saturated carbocycles. The van der Waals surface area contributed by atoms with Crippen LogP contribution in [0.15, 0.2) is 12.7 Å². The summed E-state index contributed by atoms with van der Waals surface area (Å²) in [6.07, 6.45) is -2.92. The van der Waals surface area contributed by atoms with Crippen LogP contribution in [0.25, 0.3) is 0 Å². The number of carbonyl (C=O) groups is 1. The summed E-state index contributed by atoms with van der Waals surface area (Å²) in [6.45, 7) is 5.78. The lowest BCUT2D eigenvalue weighted by atomic mass is 10.3. The van der Waals surface area contributed by atoms with E-state index < -0.39 is 18.8 Å². The van der Waals surface area contributed by atoms with Gasteiger partial charge >= 0.3 is 12.2 Å². The van der Waals surface area contributed by atoms with Crippen LogP contribution >= 0.6 is 0 Å². The van der Waals surface area contributed by atoms with Gasteiger partial charge in [-0.05, 0) is 13.8 Å². The second-order valence-electron chi connectivity index (χ2n) is 3.31. The molecule has 2 amide bonds. The van der Waals surface area contributed by atoms with Crippen LogP contribution in [0.1, 0.15) is 13.8 Å². The van der Waals surface area contributed by atoms with Gasteiger partial charge in [0.25, 0.3) is 0 Å². The first-order chi connectivity index (χ1) is 6.78. The standard InChI is InChI=1S/C9H15F3N2O/c1-4-5-14(7(2)3)8(15)13-6-9(10,11)12/h4,7H,1,5-6H2,2-3H3,(H,13,15). The van der Waals surface area contributed by atoms with Gasteiger partial charge in [-0.25, -0.2) is 4.79 Å². The van der Waals surface area contributed by atoms with Gasteiger partial charge in [0.2, 0.25) is 0 Å². The number of carbonyl (C=O) groups excluding carboxylic acids is 1. The SMILES string of the molecule is C=CCN(C(=O)NCC(F)(F)F)C(C)C. The molecule has 6 heteroatoms. The Morgan fingerprint density at radius 1 is 1.53 bits per heavy atom. The lowest BCUT2D eigenvalue weighted by molar-refractivity contribution is -0.123. The fourth-order valence-electron chi connectivity index (χ4n) is 0.945. The van der Waals surface area contributed by atoms with Crippen molar-refractivity contribution in [2.24, 2.45) is 0 Å². The average molecular weight is 224 g/mol. The number of nitrogens with one attached hydrogen (secondary N) is 1. The molecular formula is C9H15F3N2O. The molecule has 0 fully saturated rings. The van der Waals surface area contributed by atoms with Gasteiger partial charge < -0.3 is 10.2 Å². The molecule has 0 heterocycles. The molecule has 0 aromatic carbocycles. The maximum absolute atomic E-state index is 11.8. The first-order valence-corrected chi connectivity index (χ1v) is 4.50. The first kappa shape index (κ1) is 13.8. The smallest absolute Gasteiger partial charge is 0.329 e. The zero-order valence-corrected chi connectivity index (χ0v) is 8.77. The summed E-state index contributed by atoms with van der Waals surface area (Å²) >= 11 is 0. The maximum Gasteiger partial charge on any atom is 0.405 e. The molecule has 0 aliphatic carbocycles. The van der Waals surface area contributed by atoms with Crippen molar-refractivity contribution in [2.75, 3.05) is 13.1 Å². The molecular weight excluding hydrogens is 209 g/mol. The monoisotopic (exact) mass is 224 g/mol. The maximum atomic E-state index is 11.8. The summed E-state index contributed by atoms with van der Waals surface area (Å²) in [5.41, 5.74) is 0. The van der Waals surface area contributed by atoms with E-state index in [1.54, 1.807) is 19.2 Å². The van der Waals surface area contributed by atoms with Crippen molar-refractivity contribution in [2.45, 2.75) is 26.1 Å². The van der Waals surface area contributed by atoms with Gasteiger partial charge in [-0.2, -0.15) is 13.2 Å². The number of alkyl halides is 3. The Morgan fingerprint density at radius 3 is 2.40 bits per heavy atom. The molecule has 0 aromatic rings. The fraction of sp³-hybridized carbons (Fsp3) is 0.667. The van der Waals surface area contributed by atoms with Crippen molar-refractivity contribution in [3.05, 3.63) is 12.7 Å². The van der Waals surface area contributed by atoms with Crippen LogP contribution in [-0.4, -0.2) is 36.2 Å². The van der Waals surface area contributed by atoms with E-state index in [9.17, 15) is 18.0 Å². The van der Waals surface area contributed by atoms with E-state index in [4.69, 9.17) is 0 Å². The second kappa shape index (κ2) is 5.63. The van der Waals surface area contributed by atoms with E-state index in [-0.39, 0.29) is 12.6 Å². The Bertz CT molecular complexity index is 226. The van der Waals surface area contributed by atoms with Crippen molar-refractivity contribution in [3.63, 3.8) is 0 Å². The van der Waals surface area contributed by atoms with Crippen LogP contribution in [0.2, 0.25) is 0 Å². The Hall–Kier alpha value is -1.20. The molecule has 15 heavy (non-hydrogen) atoms. The molecule has 0 unspecified atom stereocenters. The van der Waals surface area contributed by atoms with Gasteiger partial charge in [-0.1, -0.05) is 6.08 Å². The number of nitrogens with zero attached hydrogens (tertiary/aromatic N) is 1. The third-order valence-electron chi connectivity index (χ3n) is 1.65. The number of amides is 2. The molecule has 88 valence electrons. The summed E-state index contributed by atoms with van der Waals surface area (Å²) in [5.74, 6) is 0. The summed E-state index contributed by atoms with van der Waals surface area (Å²) in [6, 6.07) is -0.904. The van der Waals surface area contributed by atoms with Crippen LogP contribution in [0, 0.1) is 0 Å². The fourth-order valence-corrected chi connectivity index (χ4v) is 0.945. The topological polar surface area (TPSA) is 32.3 Å². The molecule has 0 bridgehead atoms. The van der Waals surface area contributed by atoms with Gasteiger partial charge in [0.1, 0.15) is 6.54 Å². The molecule has 0 rings (SSSR count). The zero-order chi connectivity index (χ0) is 12.1. The molecule has 1 N–H and O–H groups in total. The highest BCUT2D eigenvalue weighted by Gasteiger charge is 2.29. The first-order valence-electron chi connectivity index (χ1n) is 4.50. The van der Waals surface area contributed by atoms with Crippen molar-refractivity contribution in [3.8, 4) is 0 Å². The molecule has 0 aliphatic heterocycles. The number of halogens is 3. The van der Waals surface area contributed by atoms with E-state index >= 15 is 0 Å². The molecule has 0 aromatic heterocycles. The Labute approximate surface area is 86.9 Å². The van der Waals surface area contributed by atoms with Crippen LogP contribution < -0.4 is 5.32 Å². The van der Waals surface area contributed by atoms with Gasteiger partial charge in [0, 0.05) is 12.6 Å². The van der Waals surface area contributed by atoms with Crippen LogP contribution in [0.5, 0.6) is 0 Å². The Kier molecular flexibility index (Phi) is 5.18. The molecule has 0 aliphatic rings. The molecule has 0 spiro atoms. The molecule has 3 nitrogen and oxygen atoms in total. The predicted molar refractivity (Wildman–Crippen MR) is 51.5 cm³/mol. The lowest BCUT2D eigenvalue weighted by Crippen LogP contribution is -2.46. The van der Waals surface area contributed by atoms with Crippen LogP contribution in [0.4, 0.5) is 18.0 Å². The Morgan fingerprint density at radius 2 is 2.07 bits per heavy atom. The second-order valence-corrected chi connectivity index (χ2v) is 3.31. The summed E-state index contributed by atoms with van der Waals surface area (Å²) in [7, 11) is 0. The van der Waals surface area contributed by atoms with E-state index in [0.29, 0.717) is 0 Å². The van der Waals surface area contributed by atoms with E-state index in [1.807, 2.05) is 0 Å². The van der Waals surface area contributed by atoms with E-state index in [2.05, 4.69) is 6.58 Å². The van der Waals surface area contributed by atoms with Crippen molar-refractivity contribution in [1.29, 1.82) is 0 Å². The summed E-state index contributed by atoms with van der Waals surface area (Å²) in [4.78, 5) is 12.6. The average Bonchev–Trinajstić information content (AvgIpc) is 2.08. The van der Waals surface area contributed by atoms with Crippen LogP contribution in [0.3, 0.4) is 0 Å². The van der Waals surface area contributed by atoms with Crippen molar-refractivity contribution >= 4 is 6.03 Å². The Balaban J connectivity index is 4.21. The third-order valence-corrected chi connectivity index (χ3v) is 1.65. The van der Waals surface area contributed by atoms with Gasteiger partial charge in [0.15, 0.2) is 0 Å². The molecule has 0 radical (unpaired) electrons. The minimum atomic E-state index is -4.38. The van der Waals surface area contributed by atoms with Crippen molar-refractivity contribution < 1.29 is 18.0 Å². The van der Waals surface area contributed by atoms with Crippen molar-refractivity contribution in [1.82, 2.24) is 10.2 Å². The lowest BCUT2D eigenvalue weighted by Gasteiger charge is -2.25. The molecule has 0 atom stereocenters. The summed E-state index contributed by atoms with van der Waals surface area (Å²) in [5, 5.41) is 1.80. The minimum absolute atomic E-state index is 0.170. The highest BCUT2D eigenvalue weighted by atomic mass is 19.4. The van der Waals surface area contributed by atoms with Crippen LogP contribution in [-0.2, 0) is 0 Å². The minimum Gasteiger partial charge on any atom is -0.329 e. The van der Waals surface area contributed by atoms with Gasteiger partial charge in [-0.3, -0.25) is 0 Å². The van der Waals surface area contributed by atoms with E-state index in [1.165, 1.54) is 11.0 Å². The van der Waals surface area contributed by atoms with Gasteiger partial charge in [0.05, 0.1) is 0 Å². The number of hydrogen-bond acceptors (Lipinski definition) is 1. The van der Waals surface area contributed by atoms with E-state index in [0.717, 1.165) is 0 Å². The number of rotatable bonds is 4. The zero-order valence-electron chi connectivity index (χ0n) is 8.77. The highest BCUT2D eigenvalue weighted by molar-refractivity contribution is 5.74. The predicted octanol–water partition coefficient (Wildman–Crippen LogP) is 2.15.